The summed E-state index contributed by atoms with van der Waals surface area (Å²) in [6.07, 6.45) is 0.585. The first-order valence-corrected chi connectivity index (χ1v) is 6.95. The number of rotatable bonds is 4. The molecule has 104 valence electrons. The van der Waals surface area contributed by atoms with E-state index >= 15 is 0 Å². The number of ether oxygens (including phenoxy) is 2. The van der Waals surface area contributed by atoms with Crippen LogP contribution >= 0.6 is 15.9 Å². The number of esters is 1. The van der Waals surface area contributed by atoms with Crippen LogP contribution in [-0.2, 0) is 19.7 Å². The molecule has 1 heterocycles. The molecule has 1 aromatic rings. The Hall–Kier alpha value is -0.940. The van der Waals surface area contributed by atoms with Gasteiger partial charge in [-0.15, -0.1) is 0 Å². The summed E-state index contributed by atoms with van der Waals surface area (Å²) in [5.74, 6) is -1.02. The number of carbonyl (C=O) groups is 1. The zero-order valence-corrected chi connectivity index (χ0v) is 12.5. The van der Waals surface area contributed by atoms with Crippen molar-refractivity contribution in [2.75, 3.05) is 20.3 Å². The number of halogens is 2. The van der Waals surface area contributed by atoms with Gasteiger partial charge < -0.3 is 9.47 Å². The number of carbonyl (C=O) groups excluding carboxylic acids is 1. The van der Waals surface area contributed by atoms with Crippen LogP contribution in [0.5, 0.6) is 0 Å². The molecule has 0 N–H and O–H groups in total. The second-order valence-electron chi connectivity index (χ2n) is 4.76. The smallest absolute Gasteiger partial charge is 0.309 e. The topological polar surface area (TPSA) is 35.5 Å². The molecule has 3 nitrogen and oxygen atoms in total. The van der Waals surface area contributed by atoms with Crippen molar-refractivity contribution >= 4 is 21.9 Å². The van der Waals surface area contributed by atoms with Crippen molar-refractivity contribution in [2.24, 2.45) is 5.92 Å². The van der Waals surface area contributed by atoms with Gasteiger partial charge in [-0.25, -0.2) is 4.39 Å². The van der Waals surface area contributed by atoms with Crippen molar-refractivity contribution < 1.29 is 18.7 Å². The van der Waals surface area contributed by atoms with Crippen molar-refractivity contribution in [1.82, 2.24) is 0 Å². The van der Waals surface area contributed by atoms with E-state index in [4.69, 9.17) is 9.47 Å². The summed E-state index contributed by atoms with van der Waals surface area (Å²) in [4.78, 5) is 11.9. The maximum Gasteiger partial charge on any atom is 0.309 e. The molecule has 0 bridgehead atoms. The second-order valence-corrected chi connectivity index (χ2v) is 5.67. The third kappa shape index (κ3) is 2.41. The number of hydrogen-bond acceptors (Lipinski definition) is 3. The van der Waals surface area contributed by atoms with Gasteiger partial charge in [-0.2, -0.15) is 0 Å². The van der Waals surface area contributed by atoms with Crippen LogP contribution in [0.4, 0.5) is 4.39 Å². The van der Waals surface area contributed by atoms with Gasteiger partial charge in [0.25, 0.3) is 0 Å². The van der Waals surface area contributed by atoms with Gasteiger partial charge >= 0.3 is 5.97 Å². The Balaban J connectivity index is 2.47. The van der Waals surface area contributed by atoms with Crippen molar-refractivity contribution in [3.63, 3.8) is 0 Å². The zero-order valence-electron chi connectivity index (χ0n) is 10.9. The highest BCUT2D eigenvalue weighted by molar-refractivity contribution is 9.10. The average Bonchev–Trinajstić information content (AvgIpc) is 2.36. The summed E-state index contributed by atoms with van der Waals surface area (Å²) in [7, 11) is 1.36. The zero-order chi connectivity index (χ0) is 14.0. The van der Waals surface area contributed by atoms with Gasteiger partial charge in [0.1, 0.15) is 5.82 Å². The van der Waals surface area contributed by atoms with E-state index in [0.717, 1.165) is 4.47 Å². The van der Waals surface area contributed by atoms with Crippen molar-refractivity contribution in [3.05, 3.63) is 34.1 Å². The fourth-order valence-corrected chi connectivity index (χ4v) is 3.03. The van der Waals surface area contributed by atoms with Crippen LogP contribution in [0.3, 0.4) is 0 Å². The van der Waals surface area contributed by atoms with Gasteiger partial charge in [-0.3, -0.25) is 4.79 Å². The third-order valence-electron chi connectivity index (χ3n) is 3.75. The molecule has 1 fully saturated rings. The van der Waals surface area contributed by atoms with E-state index in [2.05, 4.69) is 15.9 Å². The molecule has 1 aromatic carbocycles. The van der Waals surface area contributed by atoms with Gasteiger partial charge in [-0.1, -0.05) is 22.9 Å². The largest absolute Gasteiger partial charge is 0.469 e. The van der Waals surface area contributed by atoms with Gasteiger partial charge in [0, 0.05) is 10.0 Å². The third-order valence-corrected chi connectivity index (χ3v) is 4.24. The van der Waals surface area contributed by atoms with Gasteiger partial charge in [0.15, 0.2) is 0 Å². The minimum absolute atomic E-state index is 0.311. The fraction of sp³-hybridized carbons (Fsp3) is 0.500. The molecule has 0 aromatic heterocycles. The first-order chi connectivity index (χ1) is 9.05. The van der Waals surface area contributed by atoms with Crippen LogP contribution in [0.1, 0.15) is 18.9 Å². The molecule has 1 atom stereocenters. The summed E-state index contributed by atoms with van der Waals surface area (Å²) in [6.45, 7) is 2.58. The lowest BCUT2D eigenvalue weighted by Crippen LogP contribution is -2.55. The van der Waals surface area contributed by atoms with Gasteiger partial charge in [-0.05, 0) is 24.6 Å². The van der Waals surface area contributed by atoms with E-state index in [9.17, 15) is 9.18 Å². The molecule has 1 saturated heterocycles. The average molecular weight is 331 g/mol. The van der Waals surface area contributed by atoms with Crippen LogP contribution in [0.25, 0.3) is 0 Å². The quantitative estimate of drug-likeness (QED) is 0.796. The van der Waals surface area contributed by atoms with E-state index in [-0.39, 0.29) is 11.8 Å². The molecular formula is C14H16BrFO3. The first-order valence-electron chi connectivity index (χ1n) is 6.16. The fourth-order valence-electron chi connectivity index (χ4n) is 2.67. The highest BCUT2D eigenvalue weighted by atomic mass is 79.9. The Labute approximate surface area is 120 Å². The van der Waals surface area contributed by atoms with Crippen LogP contribution in [-0.4, -0.2) is 26.3 Å². The molecule has 0 radical (unpaired) electrons. The molecule has 1 unspecified atom stereocenters. The lowest BCUT2D eigenvalue weighted by atomic mass is 9.67. The van der Waals surface area contributed by atoms with E-state index in [0.29, 0.717) is 25.2 Å². The Morgan fingerprint density at radius 3 is 2.74 bits per heavy atom. The number of methoxy groups -OCH3 is 1. The number of benzene rings is 1. The molecule has 5 heteroatoms. The highest BCUT2D eigenvalue weighted by Crippen LogP contribution is 2.43. The van der Waals surface area contributed by atoms with E-state index in [1.807, 2.05) is 6.92 Å². The molecule has 0 aliphatic carbocycles. The summed E-state index contributed by atoms with van der Waals surface area (Å²) in [5.41, 5.74) is -0.0965. The van der Waals surface area contributed by atoms with Gasteiger partial charge in [0.2, 0.25) is 0 Å². The Bertz CT molecular complexity index is 486. The SMILES string of the molecule is CCC(C(=O)OC)C1(c2cc(Br)ccc2F)COC1. The predicted octanol–water partition coefficient (Wildman–Crippen LogP) is 3.06. The summed E-state index contributed by atoms with van der Waals surface area (Å²) in [5, 5.41) is 0. The second kappa shape index (κ2) is 5.59. The summed E-state index contributed by atoms with van der Waals surface area (Å²) in [6, 6.07) is 4.78. The maximum absolute atomic E-state index is 14.1. The van der Waals surface area contributed by atoms with Crippen molar-refractivity contribution in [3.8, 4) is 0 Å². The lowest BCUT2D eigenvalue weighted by molar-refractivity contribution is -0.161. The first kappa shape index (κ1) is 14.5. The maximum atomic E-state index is 14.1. The highest BCUT2D eigenvalue weighted by Gasteiger charge is 2.51. The molecule has 1 aliphatic rings. The summed E-state index contributed by atoms with van der Waals surface area (Å²) >= 11 is 3.34. The molecule has 0 spiro atoms. The summed E-state index contributed by atoms with van der Waals surface area (Å²) < 4.78 is 25.0. The van der Waals surface area contributed by atoms with E-state index < -0.39 is 11.3 Å². The van der Waals surface area contributed by atoms with E-state index in [1.54, 1.807) is 12.1 Å². The molecular weight excluding hydrogens is 315 g/mol. The molecule has 0 saturated carbocycles. The predicted molar refractivity (Wildman–Crippen MR) is 72.4 cm³/mol. The van der Waals surface area contributed by atoms with Crippen LogP contribution in [0.15, 0.2) is 22.7 Å². The molecule has 19 heavy (non-hydrogen) atoms. The Kier molecular flexibility index (Phi) is 4.26. The minimum atomic E-state index is -0.615. The van der Waals surface area contributed by atoms with Crippen molar-refractivity contribution in [2.45, 2.75) is 18.8 Å². The Morgan fingerprint density at radius 1 is 1.58 bits per heavy atom. The normalized spacial score (nSPS) is 18.5. The van der Waals surface area contributed by atoms with Crippen LogP contribution in [0, 0.1) is 11.7 Å². The molecule has 2 rings (SSSR count). The minimum Gasteiger partial charge on any atom is -0.469 e. The molecule has 1 aliphatic heterocycles. The Morgan fingerprint density at radius 2 is 2.26 bits per heavy atom. The van der Waals surface area contributed by atoms with Crippen LogP contribution in [0.2, 0.25) is 0 Å². The van der Waals surface area contributed by atoms with Crippen LogP contribution < -0.4 is 0 Å². The standard InChI is InChI=1S/C14H16BrFO3/c1-3-10(13(17)18-2)14(7-19-8-14)11-6-9(15)4-5-12(11)16/h4-6,10H,3,7-8H2,1-2H3. The van der Waals surface area contributed by atoms with E-state index in [1.165, 1.54) is 13.2 Å². The lowest BCUT2D eigenvalue weighted by Gasteiger charge is -2.46. The monoisotopic (exact) mass is 330 g/mol. The van der Waals surface area contributed by atoms with Gasteiger partial charge in [0.05, 0.1) is 31.7 Å². The number of hydrogen-bond donors (Lipinski definition) is 0. The van der Waals surface area contributed by atoms with Crippen molar-refractivity contribution in [1.29, 1.82) is 0 Å². The molecule has 0 amide bonds.